The summed E-state index contributed by atoms with van der Waals surface area (Å²) in [5.74, 6) is 6.27. The Morgan fingerprint density at radius 3 is 2.90 bits per heavy atom. The molecule has 8 nitrogen and oxygen atoms in total. The van der Waals surface area contributed by atoms with Gasteiger partial charge in [0.25, 0.3) is 5.91 Å². The van der Waals surface area contributed by atoms with E-state index in [1.807, 2.05) is 32.0 Å². The molecule has 1 amide bonds. The monoisotopic (exact) mass is 389 g/mol. The number of carbonyl (C=O) groups is 1. The van der Waals surface area contributed by atoms with Crippen LogP contribution in [-0.4, -0.2) is 38.4 Å². The van der Waals surface area contributed by atoms with Crippen molar-refractivity contribution in [2.45, 2.75) is 25.9 Å². The number of rotatable bonds is 3. The lowest BCUT2D eigenvalue weighted by atomic mass is 10.1. The van der Waals surface area contributed by atoms with Crippen LogP contribution in [0.5, 0.6) is 11.8 Å². The Labute approximate surface area is 167 Å². The van der Waals surface area contributed by atoms with E-state index < -0.39 is 12.0 Å². The lowest BCUT2D eigenvalue weighted by Crippen LogP contribution is -2.12. The lowest BCUT2D eigenvalue weighted by Gasteiger charge is -2.09. The molecule has 2 aromatic heterocycles. The third kappa shape index (κ3) is 3.89. The van der Waals surface area contributed by atoms with Crippen LogP contribution >= 0.6 is 0 Å². The molecule has 2 atom stereocenters. The molecule has 0 bridgehead atoms. The van der Waals surface area contributed by atoms with E-state index >= 15 is 0 Å². The standard InChI is InChI=1S/C21H19N5O3/c1-13-12-28-19-7-6-15(5-4-14(2)29-21-23-8-3-9-24-21)10-18(19)26-17(13)11-16(25-26)20(22)27/h3,6-11,13-14H,12H2,1-2H3,(H2,22,27)/t13-,14+/m0/s1. The summed E-state index contributed by atoms with van der Waals surface area (Å²) in [5.41, 5.74) is 7.97. The summed E-state index contributed by atoms with van der Waals surface area (Å²) in [5, 5.41) is 4.37. The van der Waals surface area contributed by atoms with Gasteiger partial charge in [-0.05, 0) is 37.3 Å². The zero-order chi connectivity index (χ0) is 20.4. The Hall–Kier alpha value is -3.86. The molecule has 2 N–H and O–H groups in total. The highest BCUT2D eigenvalue weighted by Crippen LogP contribution is 2.32. The number of ether oxygens (including phenoxy) is 2. The molecule has 3 aromatic rings. The van der Waals surface area contributed by atoms with Crippen LogP contribution in [0.3, 0.4) is 0 Å². The normalized spacial score (nSPS) is 15.6. The molecule has 8 heteroatoms. The second-order valence-electron chi connectivity index (χ2n) is 6.69. The molecule has 3 heterocycles. The topological polar surface area (TPSA) is 105 Å². The Bertz CT molecular complexity index is 1110. The van der Waals surface area contributed by atoms with Crippen LogP contribution in [0.15, 0.2) is 42.7 Å². The molecule has 1 aliphatic rings. The van der Waals surface area contributed by atoms with E-state index in [0.29, 0.717) is 18.0 Å². The third-order valence-electron chi connectivity index (χ3n) is 4.41. The van der Waals surface area contributed by atoms with E-state index in [0.717, 1.165) is 11.3 Å². The van der Waals surface area contributed by atoms with E-state index in [4.69, 9.17) is 15.2 Å². The van der Waals surface area contributed by atoms with E-state index in [1.165, 1.54) is 0 Å². The molecule has 0 radical (unpaired) electrons. The maximum absolute atomic E-state index is 11.6. The number of primary amides is 1. The third-order valence-corrected chi connectivity index (χ3v) is 4.41. The summed E-state index contributed by atoms with van der Waals surface area (Å²) in [6, 6.07) is 9.28. The summed E-state index contributed by atoms with van der Waals surface area (Å²) < 4.78 is 13.2. The number of carbonyl (C=O) groups excluding carboxylic acids is 1. The highest BCUT2D eigenvalue weighted by molar-refractivity contribution is 5.91. The van der Waals surface area contributed by atoms with Gasteiger partial charge >= 0.3 is 6.01 Å². The summed E-state index contributed by atoms with van der Waals surface area (Å²) in [6.07, 6.45) is 2.82. The molecule has 0 aliphatic carbocycles. The summed E-state index contributed by atoms with van der Waals surface area (Å²) in [6.45, 7) is 4.31. The summed E-state index contributed by atoms with van der Waals surface area (Å²) >= 11 is 0. The van der Waals surface area contributed by atoms with E-state index in [1.54, 1.807) is 29.2 Å². The lowest BCUT2D eigenvalue weighted by molar-refractivity contribution is 0.0995. The minimum Gasteiger partial charge on any atom is -0.491 e. The van der Waals surface area contributed by atoms with Gasteiger partial charge in [0.1, 0.15) is 11.4 Å². The number of hydrogen-bond donors (Lipinski definition) is 1. The smallest absolute Gasteiger partial charge is 0.317 e. The molecule has 0 spiro atoms. The van der Waals surface area contributed by atoms with Crippen LogP contribution in [0, 0.1) is 11.8 Å². The van der Waals surface area contributed by atoms with Gasteiger partial charge in [-0.2, -0.15) is 5.10 Å². The number of nitrogens with two attached hydrogens (primary N) is 1. The second-order valence-corrected chi connectivity index (χ2v) is 6.69. The molecule has 0 unspecified atom stereocenters. The fourth-order valence-corrected chi connectivity index (χ4v) is 2.96. The van der Waals surface area contributed by atoms with Gasteiger partial charge in [0.05, 0.1) is 12.3 Å². The van der Waals surface area contributed by atoms with Gasteiger partial charge in [0.2, 0.25) is 0 Å². The molecule has 29 heavy (non-hydrogen) atoms. The van der Waals surface area contributed by atoms with E-state index in [2.05, 4.69) is 26.9 Å². The fraction of sp³-hybridized carbons (Fsp3) is 0.238. The molecule has 0 saturated heterocycles. The Balaban J connectivity index is 1.65. The number of hydrogen-bond acceptors (Lipinski definition) is 6. The number of nitrogens with zero attached hydrogens (tertiary/aromatic N) is 4. The Morgan fingerprint density at radius 2 is 2.14 bits per heavy atom. The van der Waals surface area contributed by atoms with Gasteiger partial charge in [0, 0.05) is 23.9 Å². The highest BCUT2D eigenvalue weighted by Gasteiger charge is 2.24. The molecule has 0 fully saturated rings. The van der Waals surface area contributed by atoms with Crippen molar-refractivity contribution >= 4 is 5.91 Å². The Morgan fingerprint density at radius 1 is 1.34 bits per heavy atom. The van der Waals surface area contributed by atoms with Crippen molar-refractivity contribution in [1.29, 1.82) is 0 Å². The van der Waals surface area contributed by atoms with Crippen LogP contribution in [0.1, 0.15) is 41.5 Å². The Kier molecular flexibility index (Phi) is 4.87. The largest absolute Gasteiger partial charge is 0.491 e. The molecule has 0 saturated carbocycles. The average molecular weight is 389 g/mol. The number of fused-ring (bicyclic) bond motifs is 3. The first-order chi connectivity index (χ1) is 14.0. The van der Waals surface area contributed by atoms with Gasteiger partial charge in [-0.25, -0.2) is 14.6 Å². The van der Waals surface area contributed by atoms with Gasteiger partial charge < -0.3 is 15.2 Å². The van der Waals surface area contributed by atoms with E-state index in [9.17, 15) is 4.79 Å². The van der Waals surface area contributed by atoms with Crippen LogP contribution < -0.4 is 15.2 Å². The predicted octanol–water partition coefficient (Wildman–Crippen LogP) is 2.08. The van der Waals surface area contributed by atoms with Gasteiger partial charge in [-0.3, -0.25) is 4.79 Å². The minimum absolute atomic E-state index is 0.0526. The van der Waals surface area contributed by atoms with Crippen molar-refractivity contribution in [3.05, 3.63) is 59.7 Å². The first kappa shape index (κ1) is 18.5. The number of amides is 1. The van der Waals surface area contributed by atoms with Crippen molar-refractivity contribution in [2.24, 2.45) is 5.73 Å². The maximum Gasteiger partial charge on any atom is 0.317 e. The van der Waals surface area contributed by atoms with Crippen molar-refractivity contribution in [2.75, 3.05) is 6.61 Å². The average Bonchev–Trinajstić information content (AvgIpc) is 3.12. The second kappa shape index (κ2) is 7.64. The van der Waals surface area contributed by atoms with Crippen molar-refractivity contribution < 1.29 is 14.3 Å². The van der Waals surface area contributed by atoms with Crippen molar-refractivity contribution in [3.8, 4) is 29.3 Å². The van der Waals surface area contributed by atoms with Crippen LogP contribution in [0.4, 0.5) is 0 Å². The van der Waals surface area contributed by atoms with Gasteiger partial charge in [-0.15, -0.1) is 0 Å². The van der Waals surface area contributed by atoms with Gasteiger partial charge in [0.15, 0.2) is 11.8 Å². The highest BCUT2D eigenvalue weighted by atomic mass is 16.5. The SMILES string of the molecule is C[C@H](C#Cc1ccc2c(c1)-n1nc(C(N)=O)cc1[C@@H](C)CO2)Oc1ncccn1. The fourth-order valence-electron chi connectivity index (χ4n) is 2.96. The molecule has 1 aromatic carbocycles. The molecule has 1 aliphatic heterocycles. The number of aromatic nitrogens is 4. The molecule has 146 valence electrons. The first-order valence-corrected chi connectivity index (χ1v) is 9.13. The van der Waals surface area contributed by atoms with Crippen LogP contribution in [-0.2, 0) is 0 Å². The summed E-state index contributed by atoms with van der Waals surface area (Å²) in [4.78, 5) is 19.6. The van der Waals surface area contributed by atoms with Crippen LogP contribution in [0.2, 0.25) is 0 Å². The zero-order valence-corrected chi connectivity index (χ0v) is 16.0. The van der Waals surface area contributed by atoms with Crippen molar-refractivity contribution in [1.82, 2.24) is 19.7 Å². The van der Waals surface area contributed by atoms with Crippen molar-refractivity contribution in [3.63, 3.8) is 0 Å². The first-order valence-electron chi connectivity index (χ1n) is 9.13. The molecule has 4 rings (SSSR count). The van der Waals surface area contributed by atoms with Crippen LogP contribution in [0.25, 0.3) is 5.69 Å². The van der Waals surface area contributed by atoms with Gasteiger partial charge in [-0.1, -0.05) is 18.8 Å². The molecular formula is C21H19N5O3. The zero-order valence-electron chi connectivity index (χ0n) is 16.0. The van der Waals surface area contributed by atoms with E-state index in [-0.39, 0.29) is 17.6 Å². The predicted molar refractivity (Wildman–Crippen MR) is 105 cm³/mol. The molecular weight excluding hydrogens is 370 g/mol. The maximum atomic E-state index is 11.6. The summed E-state index contributed by atoms with van der Waals surface area (Å²) in [7, 11) is 0. The number of benzene rings is 1. The quantitative estimate of drug-likeness (QED) is 0.688. The minimum atomic E-state index is -0.565.